The van der Waals surface area contributed by atoms with Crippen LogP contribution in [0.3, 0.4) is 0 Å². The van der Waals surface area contributed by atoms with Gasteiger partial charge in [0.15, 0.2) is 0 Å². The van der Waals surface area contributed by atoms with Crippen molar-refractivity contribution < 1.29 is 0 Å². The molecule has 0 bridgehead atoms. The normalized spacial score (nSPS) is 10.3. The Balaban J connectivity index is 2.88. The number of nitrogen functional groups attached to an aromatic ring is 1. The molecule has 1 aliphatic carbocycles. The fourth-order valence-electron chi connectivity index (χ4n) is 1.20. The lowest BCUT2D eigenvalue weighted by Crippen LogP contribution is -2.03. The third kappa shape index (κ3) is 0.871. The molecule has 0 atom stereocenters. The van der Waals surface area contributed by atoms with Crippen LogP contribution in [0, 0.1) is 0 Å². The zero-order valence-electron chi connectivity index (χ0n) is 6.37. The van der Waals surface area contributed by atoms with Gasteiger partial charge in [0.1, 0.15) is 5.69 Å². The lowest BCUT2D eigenvalue weighted by atomic mass is 10.2. The van der Waals surface area contributed by atoms with E-state index in [0.29, 0.717) is 5.69 Å². The number of H-pyrrole nitrogens is 1. The molecule has 2 aliphatic rings. The van der Waals surface area contributed by atoms with Crippen molar-refractivity contribution in [3.8, 4) is 11.3 Å². The van der Waals surface area contributed by atoms with Gasteiger partial charge in [0.2, 0.25) is 0 Å². The Morgan fingerprint density at radius 3 is 2.75 bits per heavy atom. The minimum absolute atomic E-state index is 0.212. The first-order chi connectivity index (χ1) is 5.79. The molecular weight excluding hydrogens is 152 g/mol. The average Bonchev–Trinajstić information content (AvgIpc) is 2.30. The molecular formula is C9H8N2O. The predicted octanol–water partition coefficient (Wildman–Crippen LogP) is 1.06. The lowest BCUT2D eigenvalue weighted by molar-refractivity contribution is 1.33. The summed E-state index contributed by atoms with van der Waals surface area (Å²) in [5.41, 5.74) is 7.19. The zero-order valence-corrected chi connectivity index (χ0v) is 6.37. The monoisotopic (exact) mass is 160 g/mol. The standard InChI is InChI=1S/C9H8N2O/c10-8-6-4-2-1-3-5-7(6)11-9(8)12/h1-5H,10H2,(H,11,12). The summed E-state index contributed by atoms with van der Waals surface area (Å²) in [5, 5.41) is 0. The fourth-order valence-corrected chi connectivity index (χ4v) is 1.20. The molecule has 0 unspecified atom stereocenters. The van der Waals surface area contributed by atoms with Gasteiger partial charge in [-0.2, -0.15) is 0 Å². The van der Waals surface area contributed by atoms with E-state index in [1.807, 2.05) is 30.3 Å². The van der Waals surface area contributed by atoms with Crippen molar-refractivity contribution in [3.63, 3.8) is 0 Å². The number of anilines is 1. The molecule has 0 fully saturated rings. The zero-order chi connectivity index (χ0) is 8.55. The maximum Gasteiger partial charge on any atom is 0.272 e. The number of aromatic nitrogens is 1. The molecule has 1 aliphatic heterocycles. The Bertz CT molecular complexity index is 433. The Kier molecular flexibility index (Phi) is 1.37. The minimum Gasteiger partial charge on any atom is -0.394 e. The highest BCUT2D eigenvalue weighted by atomic mass is 16.1. The molecule has 12 heavy (non-hydrogen) atoms. The molecule has 0 saturated heterocycles. The van der Waals surface area contributed by atoms with E-state index >= 15 is 0 Å². The SMILES string of the molecule is Nc1c2cccccc-2[nH]c1=O. The molecule has 0 saturated carbocycles. The number of rotatable bonds is 0. The van der Waals surface area contributed by atoms with Gasteiger partial charge in [0.05, 0.1) is 5.69 Å². The summed E-state index contributed by atoms with van der Waals surface area (Å²) in [6, 6.07) is 9.25. The number of nitrogens with two attached hydrogens (primary N) is 1. The van der Waals surface area contributed by atoms with Gasteiger partial charge < -0.3 is 10.7 Å². The Morgan fingerprint density at radius 1 is 1.17 bits per heavy atom. The largest absolute Gasteiger partial charge is 0.394 e. The summed E-state index contributed by atoms with van der Waals surface area (Å²) >= 11 is 0. The molecule has 3 nitrogen and oxygen atoms in total. The topological polar surface area (TPSA) is 58.9 Å². The van der Waals surface area contributed by atoms with E-state index in [2.05, 4.69) is 4.98 Å². The third-order valence-electron chi connectivity index (χ3n) is 1.82. The third-order valence-corrected chi connectivity index (χ3v) is 1.82. The van der Waals surface area contributed by atoms with Gasteiger partial charge in [0.25, 0.3) is 5.56 Å². The lowest BCUT2D eigenvalue weighted by Gasteiger charge is -1.89. The Morgan fingerprint density at radius 2 is 1.92 bits per heavy atom. The molecule has 0 spiro atoms. The molecule has 0 aromatic heterocycles. The molecule has 0 aromatic carbocycles. The molecule has 0 amide bonds. The number of hydrogen-bond donors (Lipinski definition) is 2. The molecule has 3 heteroatoms. The van der Waals surface area contributed by atoms with E-state index in [-0.39, 0.29) is 5.56 Å². The molecule has 60 valence electrons. The van der Waals surface area contributed by atoms with Crippen LogP contribution in [-0.4, -0.2) is 4.98 Å². The summed E-state index contributed by atoms with van der Waals surface area (Å²) < 4.78 is 0. The fraction of sp³-hybridized carbons (Fsp3) is 0. The molecule has 0 radical (unpaired) electrons. The molecule has 3 N–H and O–H groups in total. The van der Waals surface area contributed by atoms with E-state index in [9.17, 15) is 4.79 Å². The first kappa shape index (κ1) is 6.91. The van der Waals surface area contributed by atoms with E-state index in [0.717, 1.165) is 11.3 Å². The van der Waals surface area contributed by atoms with Gasteiger partial charge in [-0.05, 0) is 6.07 Å². The Hall–Kier alpha value is -1.77. The molecule has 1 heterocycles. The molecule has 2 rings (SSSR count). The van der Waals surface area contributed by atoms with Gasteiger partial charge in [-0.3, -0.25) is 4.79 Å². The highest BCUT2D eigenvalue weighted by Gasteiger charge is 2.08. The average molecular weight is 160 g/mol. The summed E-state index contributed by atoms with van der Waals surface area (Å²) in [5.74, 6) is 0. The van der Waals surface area contributed by atoms with Crippen molar-refractivity contribution in [1.29, 1.82) is 0 Å². The van der Waals surface area contributed by atoms with Crippen molar-refractivity contribution >= 4 is 5.69 Å². The number of aromatic amines is 1. The van der Waals surface area contributed by atoms with Crippen LogP contribution < -0.4 is 11.3 Å². The van der Waals surface area contributed by atoms with Crippen LogP contribution in [0.25, 0.3) is 11.3 Å². The van der Waals surface area contributed by atoms with E-state index < -0.39 is 0 Å². The van der Waals surface area contributed by atoms with Crippen molar-refractivity contribution in [2.75, 3.05) is 5.73 Å². The number of nitrogens with one attached hydrogen (secondary N) is 1. The van der Waals surface area contributed by atoms with E-state index in [4.69, 9.17) is 5.73 Å². The summed E-state index contributed by atoms with van der Waals surface area (Å²) in [6.45, 7) is 0. The second kappa shape index (κ2) is 2.37. The van der Waals surface area contributed by atoms with Gasteiger partial charge in [0, 0.05) is 5.56 Å². The van der Waals surface area contributed by atoms with Crippen molar-refractivity contribution in [1.82, 2.24) is 4.98 Å². The first-order valence-corrected chi connectivity index (χ1v) is 3.65. The van der Waals surface area contributed by atoms with Crippen molar-refractivity contribution in [2.24, 2.45) is 0 Å². The van der Waals surface area contributed by atoms with Gasteiger partial charge in [-0.25, -0.2) is 0 Å². The van der Waals surface area contributed by atoms with Crippen molar-refractivity contribution in [3.05, 3.63) is 40.7 Å². The predicted molar refractivity (Wildman–Crippen MR) is 48.1 cm³/mol. The highest BCUT2D eigenvalue weighted by Crippen LogP contribution is 2.21. The van der Waals surface area contributed by atoms with Crippen LogP contribution in [-0.2, 0) is 0 Å². The van der Waals surface area contributed by atoms with E-state index in [1.54, 1.807) is 0 Å². The smallest absolute Gasteiger partial charge is 0.272 e. The molecule has 0 aromatic rings. The van der Waals surface area contributed by atoms with Crippen LogP contribution in [0.1, 0.15) is 0 Å². The maximum atomic E-state index is 11.1. The van der Waals surface area contributed by atoms with E-state index in [1.165, 1.54) is 0 Å². The van der Waals surface area contributed by atoms with Gasteiger partial charge in [-0.15, -0.1) is 0 Å². The van der Waals surface area contributed by atoms with Gasteiger partial charge >= 0.3 is 0 Å². The highest BCUT2D eigenvalue weighted by molar-refractivity contribution is 5.74. The summed E-state index contributed by atoms with van der Waals surface area (Å²) in [6.07, 6.45) is 0. The quantitative estimate of drug-likeness (QED) is 0.605. The van der Waals surface area contributed by atoms with Crippen LogP contribution in [0.4, 0.5) is 5.69 Å². The minimum atomic E-state index is -0.212. The first-order valence-electron chi connectivity index (χ1n) is 3.65. The van der Waals surface area contributed by atoms with Crippen molar-refractivity contribution in [2.45, 2.75) is 0 Å². The summed E-state index contributed by atoms with van der Waals surface area (Å²) in [4.78, 5) is 13.7. The van der Waals surface area contributed by atoms with Crippen LogP contribution in [0.5, 0.6) is 0 Å². The van der Waals surface area contributed by atoms with Crippen LogP contribution >= 0.6 is 0 Å². The van der Waals surface area contributed by atoms with Gasteiger partial charge in [-0.1, -0.05) is 24.3 Å². The van der Waals surface area contributed by atoms with Crippen LogP contribution in [0.2, 0.25) is 0 Å². The Labute approximate surface area is 69.2 Å². The number of fused-ring (bicyclic) bond motifs is 1. The van der Waals surface area contributed by atoms with Crippen LogP contribution in [0.15, 0.2) is 35.1 Å². The second-order valence-corrected chi connectivity index (χ2v) is 2.61. The maximum absolute atomic E-state index is 11.1. The number of hydrogen-bond acceptors (Lipinski definition) is 2. The second-order valence-electron chi connectivity index (χ2n) is 2.61. The summed E-state index contributed by atoms with van der Waals surface area (Å²) in [7, 11) is 0.